The van der Waals surface area contributed by atoms with Crippen molar-refractivity contribution in [1.82, 2.24) is 4.98 Å². The number of carboxylic acid groups (broad SMARTS) is 1. The molecule has 0 aliphatic rings. The maximum Gasteiger partial charge on any atom is 0.336 e. The van der Waals surface area contributed by atoms with E-state index in [9.17, 15) is 23.1 Å². The molecule has 6 N–H and O–H groups in total. The number of carbonyl (C=O) groups excluding carboxylic acids is 1. The molecule has 0 spiro atoms. The zero-order valence-electron chi connectivity index (χ0n) is 17.4. The average Bonchev–Trinajstić information content (AvgIpc) is 3.18. The number of hydrogen-bond donors (Lipinski definition) is 4. The highest BCUT2D eigenvalue weighted by molar-refractivity contribution is 7.89. The van der Waals surface area contributed by atoms with Gasteiger partial charge in [0.1, 0.15) is 10.7 Å². The highest BCUT2D eigenvalue weighted by atomic mass is 32.2. The molecule has 34 heavy (non-hydrogen) atoms. The van der Waals surface area contributed by atoms with E-state index in [0.717, 1.165) is 11.3 Å². The first-order valence-corrected chi connectivity index (χ1v) is 12.1. The number of carboxylic acids is 1. The Labute approximate surface area is 198 Å². The van der Waals surface area contributed by atoms with Crippen molar-refractivity contribution in [2.45, 2.75) is 4.90 Å². The van der Waals surface area contributed by atoms with Crippen molar-refractivity contribution in [3.8, 4) is 11.1 Å². The minimum atomic E-state index is -3.80. The van der Waals surface area contributed by atoms with E-state index in [1.54, 1.807) is 42.5 Å². The lowest BCUT2D eigenvalue weighted by Crippen LogP contribution is -2.11. The number of nitrogens with zero attached hydrogens (tertiary/aromatic N) is 1. The van der Waals surface area contributed by atoms with E-state index < -0.39 is 16.0 Å². The largest absolute Gasteiger partial charge is 0.478 e. The number of aromatic nitrogens is 1. The van der Waals surface area contributed by atoms with E-state index in [2.05, 4.69) is 10.3 Å². The van der Waals surface area contributed by atoms with Crippen LogP contribution in [-0.2, 0) is 10.0 Å². The van der Waals surface area contributed by atoms with Crippen molar-refractivity contribution in [3.63, 3.8) is 0 Å². The molecule has 0 atom stereocenters. The highest BCUT2D eigenvalue weighted by Gasteiger charge is 2.19. The number of carbonyl (C=O) groups is 2. The fourth-order valence-corrected chi connectivity index (χ4v) is 4.64. The number of primary sulfonamides is 1. The van der Waals surface area contributed by atoms with Gasteiger partial charge in [0.15, 0.2) is 5.13 Å². The summed E-state index contributed by atoms with van der Waals surface area (Å²) in [6.45, 7) is 0. The van der Waals surface area contributed by atoms with Crippen molar-refractivity contribution in [1.29, 1.82) is 0 Å². The summed E-state index contributed by atoms with van der Waals surface area (Å²) >= 11 is 1.06. The number of sulfonamides is 1. The number of anilines is 3. The molecule has 172 valence electrons. The van der Waals surface area contributed by atoms with Gasteiger partial charge in [0.2, 0.25) is 15.8 Å². The number of hydrogen-bond acceptors (Lipinski definition) is 8. The molecular weight excluding hydrogens is 476 g/mol. The lowest BCUT2D eigenvalue weighted by molar-refractivity contribution is 0.0697. The topological polar surface area (TPSA) is 165 Å². The third-order valence-corrected chi connectivity index (χ3v) is 6.82. The fourth-order valence-electron chi connectivity index (χ4n) is 3.25. The molecule has 4 aromatic rings. The first-order chi connectivity index (χ1) is 16.1. The Kier molecular flexibility index (Phi) is 6.16. The van der Waals surface area contributed by atoms with E-state index in [1.807, 2.05) is 0 Å². The Bertz CT molecular complexity index is 1500. The summed E-state index contributed by atoms with van der Waals surface area (Å²) in [6.07, 6.45) is 0. The van der Waals surface area contributed by atoms with Crippen molar-refractivity contribution in [2.75, 3.05) is 11.1 Å². The van der Waals surface area contributed by atoms with Gasteiger partial charge in [-0.05, 0) is 41.5 Å². The third kappa shape index (κ3) is 4.81. The van der Waals surface area contributed by atoms with Gasteiger partial charge in [0.25, 0.3) is 0 Å². The van der Waals surface area contributed by atoms with Gasteiger partial charge in [0, 0.05) is 11.3 Å². The van der Waals surface area contributed by atoms with Crippen LogP contribution in [0.3, 0.4) is 0 Å². The smallest absolute Gasteiger partial charge is 0.336 e. The molecule has 0 bridgehead atoms. The number of rotatable bonds is 7. The number of nitrogen functional groups attached to an aromatic ring is 1. The number of nitrogens with two attached hydrogens (primary N) is 2. The van der Waals surface area contributed by atoms with Gasteiger partial charge in [-0.3, -0.25) is 4.79 Å². The maximum atomic E-state index is 13.0. The predicted molar refractivity (Wildman–Crippen MR) is 130 cm³/mol. The van der Waals surface area contributed by atoms with Gasteiger partial charge in [0.05, 0.1) is 10.5 Å². The van der Waals surface area contributed by atoms with E-state index in [0.29, 0.717) is 27.5 Å². The molecule has 0 unspecified atom stereocenters. The van der Waals surface area contributed by atoms with Gasteiger partial charge >= 0.3 is 5.97 Å². The van der Waals surface area contributed by atoms with Crippen LogP contribution < -0.4 is 16.2 Å². The minimum absolute atomic E-state index is 0.0259. The molecule has 3 aromatic carbocycles. The second-order valence-corrected chi connectivity index (χ2v) is 9.75. The molecule has 1 aromatic heterocycles. The van der Waals surface area contributed by atoms with Gasteiger partial charge < -0.3 is 16.2 Å². The standard InChI is InChI=1S/C23H18N4O5S2/c24-21-20(33-23(27-21)26-15-9-11-16(12-10-15)34(25,31)32)19(28)14-7-5-13(6-8-14)17-3-1-2-4-18(17)22(29)30/h1-12H,24H2,(H,26,27)(H,29,30)(H2,25,31,32). The summed E-state index contributed by atoms with van der Waals surface area (Å²) in [6, 6.07) is 18.9. The van der Waals surface area contributed by atoms with Crippen molar-refractivity contribution >= 4 is 49.7 Å². The fraction of sp³-hybridized carbons (Fsp3) is 0. The van der Waals surface area contributed by atoms with Gasteiger partial charge in [-0.2, -0.15) is 0 Å². The normalized spacial score (nSPS) is 11.2. The summed E-state index contributed by atoms with van der Waals surface area (Å²) in [4.78, 5) is 28.9. The molecule has 0 aliphatic carbocycles. The molecule has 0 amide bonds. The van der Waals surface area contributed by atoms with Crippen molar-refractivity contribution < 1.29 is 23.1 Å². The van der Waals surface area contributed by atoms with Gasteiger partial charge in [-0.15, -0.1) is 0 Å². The first kappa shape index (κ1) is 23.1. The van der Waals surface area contributed by atoms with Gasteiger partial charge in [-0.25, -0.2) is 23.3 Å². The zero-order chi connectivity index (χ0) is 24.5. The predicted octanol–water partition coefficient (Wildman–Crippen LogP) is 3.71. The molecular formula is C23H18N4O5S2. The van der Waals surface area contributed by atoms with Crippen LogP contribution >= 0.6 is 11.3 Å². The Morgan fingerprint density at radius 2 is 1.59 bits per heavy atom. The SMILES string of the molecule is Nc1nc(Nc2ccc(S(N)(=O)=O)cc2)sc1C(=O)c1ccc(-c2ccccc2C(=O)O)cc1. The van der Waals surface area contributed by atoms with Crippen molar-refractivity contribution in [2.24, 2.45) is 5.14 Å². The summed E-state index contributed by atoms with van der Waals surface area (Å²) in [5.41, 5.74) is 8.26. The number of ketones is 1. The molecule has 0 radical (unpaired) electrons. The van der Waals surface area contributed by atoms with E-state index in [-0.39, 0.29) is 26.9 Å². The van der Waals surface area contributed by atoms with E-state index in [1.165, 1.54) is 30.3 Å². The summed E-state index contributed by atoms with van der Waals surface area (Å²) in [5, 5.41) is 17.8. The van der Waals surface area contributed by atoms with Crippen molar-refractivity contribution in [3.05, 3.63) is 88.8 Å². The maximum absolute atomic E-state index is 13.0. The lowest BCUT2D eigenvalue weighted by Gasteiger charge is -2.07. The molecule has 0 saturated heterocycles. The lowest BCUT2D eigenvalue weighted by atomic mass is 9.98. The number of nitrogens with one attached hydrogen (secondary N) is 1. The van der Waals surface area contributed by atoms with Crippen LogP contribution in [0.5, 0.6) is 0 Å². The van der Waals surface area contributed by atoms with Gasteiger partial charge in [-0.1, -0.05) is 53.8 Å². The molecule has 11 heteroatoms. The zero-order valence-corrected chi connectivity index (χ0v) is 19.1. The summed E-state index contributed by atoms with van der Waals surface area (Å²) in [5.74, 6) is -1.31. The quantitative estimate of drug-likeness (QED) is 0.282. The first-order valence-electron chi connectivity index (χ1n) is 9.77. The second-order valence-electron chi connectivity index (χ2n) is 7.18. The number of aromatic carboxylic acids is 1. The van der Waals surface area contributed by atoms with Crippen LogP contribution in [0, 0.1) is 0 Å². The molecule has 0 saturated carbocycles. The molecule has 4 rings (SSSR count). The van der Waals surface area contributed by atoms with Crippen LogP contribution in [-0.4, -0.2) is 30.3 Å². The second kappa shape index (κ2) is 9.06. The van der Waals surface area contributed by atoms with Crippen LogP contribution in [0.2, 0.25) is 0 Å². The number of benzene rings is 3. The Morgan fingerprint density at radius 1 is 0.941 bits per heavy atom. The molecule has 0 aliphatic heterocycles. The van der Waals surface area contributed by atoms with Crippen LogP contribution in [0.25, 0.3) is 11.1 Å². The average molecular weight is 495 g/mol. The summed E-state index contributed by atoms with van der Waals surface area (Å²) in [7, 11) is -3.80. The Balaban J connectivity index is 1.55. The molecule has 1 heterocycles. The monoisotopic (exact) mass is 494 g/mol. The van der Waals surface area contributed by atoms with Crippen LogP contribution in [0.4, 0.5) is 16.6 Å². The molecule has 9 nitrogen and oxygen atoms in total. The number of thiazole rings is 1. The highest BCUT2D eigenvalue weighted by Crippen LogP contribution is 2.31. The van der Waals surface area contributed by atoms with Crippen LogP contribution in [0.1, 0.15) is 25.6 Å². The van der Waals surface area contributed by atoms with E-state index >= 15 is 0 Å². The molecule has 0 fully saturated rings. The van der Waals surface area contributed by atoms with E-state index in [4.69, 9.17) is 10.9 Å². The summed E-state index contributed by atoms with van der Waals surface area (Å²) < 4.78 is 22.8. The Hall–Kier alpha value is -4.06. The van der Waals surface area contributed by atoms with Crippen LogP contribution in [0.15, 0.2) is 77.7 Å². The minimum Gasteiger partial charge on any atom is -0.478 e. The third-order valence-electron chi connectivity index (χ3n) is 4.91. The Morgan fingerprint density at radius 3 is 2.21 bits per heavy atom.